The highest BCUT2D eigenvalue weighted by molar-refractivity contribution is 6.11. The molecule has 0 aliphatic carbocycles. The quantitative estimate of drug-likeness (QED) is 0.0697. The molecule has 0 saturated carbocycles. The van der Waals surface area contributed by atoms with Crippen LogP contribution in [-0.2, 0) is 19.2 Å². The second-order valence-electron chi connectivity index (χ2n) is 11.5. The highest BCUT2D eigenvalue weighted by atomic mass is 16.5. The Labute approximate surface area is 311 Å². The zero-order valence-electron chi connectivity index (χ0n) is 29.9. The third kappa shape index (κ3) is 11.2. The second kappa shape index (κ2) is 19.0. The number of phenols is 3. The molecule has 54 heavy (non-hydrogen) atoms. The Morgan fingerprint density at radius 2 is 1.02 bits per heavy atom. The number of ether oxygens (including phenoxy) is 5. The second-order valence-corrected chi connectivity index (χ2v) is 11.5. The minimum Gasteiger partial charge on any atom is -0.507 e. The molecule has 0 heterocycles. The minimum absolute atomic E-state index is 0.0162. The van der Waals surface area contributed by atoms with E-state index in [0.717, 1.165) is 0 Å². The largest absolute Gasteiger partial charge is 0.507 e. The molecule has 0 fully saturated rings. The van der Waals surface area contributed by atoms with Gasteiger partial charge < -0.3 is 39.0 Å². The molecular weight excluding hydrogens is 696 g/mol. The first-order valence-corrected chi connectivity index (χ1v) is 16.3. The predicted molar refractivity (Wildman–Crippen MR) is 202 cm³/mol. The van der Waals surface area contributed by atoms with Crippen molar-refractivity contribution in [2.24, 2.45) is 0 Å². The van der Waals surface area contributed by atoms with Crippen molar-refractivity contribution in [2.75, 3.05) is 28.4 Å². The van der Waals surface area contributed by atoms with Crippen molar-refractivity contribution >= 4 is 47.4 Å². The molecule has 0 aromatic heterocycles. The third-order valence-electron chi connectivity index (χ3n) is 7.66. The molecule has 0 amide bonds. The summed E-state index contributed by atoms with van der Waals surface area (Å²) in [6.07, 6.45) is 9.73. The van der Waals surface area contributed by atoms with Crippen molar-refractivity contribution in [3.05, 3.63) is 113 Å². The van der Waals surface area contributed by atoms with Crippen LogP contribution in [-0.4, -0.2) is 66.9 Å². The summed E-state index contributed by atoms with van der Waals surface area (Å²) in [5, 5.41) is 30.7. The van der Waals surface area contributed by atoms with Gasteiger partial charge in [-0.15, -0.1) is 0 Å². The Bertz CT molecular complexity index is 2160. The van der Waals surface area contributed by atoms with Crippen molar-refractivity contribution < 1.29 is 58.2 Å². The van der Waals surface area contributed by atoms with E-state index < -0.39 is 36.0 Å². The fourth-order valence-corrected chi connectivity index (χ4v) is 4.90. The van der Waals surface area contributed by atoms with Crippen LogP contribution < -0.4 is 23.7 Å². The molecule has 0 unspecified atom stereocenters. The zero-order valence-corrected chi connectivity index (χ0v) is 29.9. The van der Waals surface area contributed by atoms with Crippen molar-refractivity contribution in [2.45, 2.75) is 12.8 Å². The van der Waals surface area contributed by atoms with Crippen LogP contribution in [0.4, 0.5) is 0 Å². The highest BCUT2D eigenvalue weighted by Crippen LogP contribution is 2.42. The third-order valence-corrected chi connectivity index (χ3v) is 7.66. The lowest BCUT2D eigenvalue weighted by Crippen LogP contribution is -2.02. The number of methoxy groups -OCH3 is 4. The van der Waals surface area contributed by atoms with Crippen molar-refractivity contribution in [3.8, 4) is 51.7 Å². The van der Waals surface area contributed by atoms with Gasteiger partial charge in [-0.3, -0.25) is 19.2 Å². The fraction of sp³-hybridized carbons (Fsp3) is 0.143. The molecule has 4 rings (SSSR count). The average Bonchev–Trinajstić information content (AvgIpc) is 3.15. The number of phenolic OH excluding ortho intramolecular Hbond substituents is 3. The number of rotatable bonds is 18. The van der Waals surface area contributed by atoms with E-state index in [2.05, 4.69) is 0 Å². The molecular formula is C42H38O12. The summed E-state index contributed by atoms with van der Waals surface area (Å²) >= 11 is 0. The van der Waals surface area contributed by atoms with E-state index in [9.17, 15) is 34.5 Å². The van der Waals surface area contributed by atoms with Gasteiger partial charge in [-0.1, -0.05) is 18.2 Å². The molecule has 3 N–H and O–H groups in total. The van der Waals surface area contributed by atoms with Gasteiger partial charge in [0.15, 0.2) is 46.1 Å². The highest BCUT2D eigenvalue weighted by Gasteiger charge is 2.16. The van der Waals surface area contributed by atoms with Crippen molar-refractivity contribution in [3.63, 3.8) is 0 Å². The maximum absolute atomic E-state index is 12.7. The van der Waals surface area contributed by atoms with Crippen LogP contribution in [0.15, 0.2) is 91.0 Å². The first-order chi connectivity index (χ1) is 25.9. The summed E-state index contributed by atoms with van der Waals surface area (Å²) in [6, 6.07) is 16.9. The van der Waals surface area contributed by atoms with Crippen LogP contribution in [0, 0.1) is 0 Å². The average molecular weight is 735 g/mol. The topological polar surface area (TPSA) is 175 Å². The van der Waals surface area contributed by atoms with E-state index in [0.29, 0.717) is 33.8 Å². The maximum atomic E-state index is 12.7. The molecule has 0 saturated heterocycles. The summed E-state index contributed by atoms with van der Waals surface area (Å²) in [4.78, 5) is 50.2. The summed E-state index contributed by atoms with van der Waals surface area (Å²) < 4.78 is 26.9. The lowest BCUT2D eigenvalue weighted by molar-refractivity contribution is -0.123. The van der Waals surface area contributed by atoms with Gasteiger partial charge in [0.1, 0.15) is 23.0 Å². The normalized spacial score (nSPS) is 11.3. The Morgan fingerprint density at radius 1 is 0.481 bits per heavy atom. The van der Waals surface area contributed by atoms with E-state index in [1.54, 1.807) is 42.5 Å². The Hall–Kier alpha value is -7.08. The zero-order chi connectivity index (χ0) is 39.2. The number of hydrogen-bond acceptors (Lipinski definition) is 12. The SMILES string of the molecule is COc1ccc(/C=C/C(=O)CC(=O)/C=C/c2ccc(OC)cc2Oc2cc(/C=C/C(=O)CC(=O)/C=C/c3ccc(OC)c(O)c3)cc(O)c2OC)c(O)c1. The van der Waals surface area contributed by atoms with E-state index in [1.165, 1.54) is 101 Å². The first kappa shape index (κ1) is 39.7. The summed E-state index contributed by atoms with van der Waals surface area (Å²) in [6.45, 7) is 0. The number of ketones is 4. The molecule has 12 nitrogen and oxygen atoms in total. The number of carbonyl (C=O) groups is 4. The standard InChI is InChI=1S/C42H38O12/c1-50-34-16-10-28(36(47)24-34)8-14-32(45)23-33(46)15-9-29-11-17-35(51-2)25-40(29)54-41-21-27(20-38(49)42(41)53-4)6-13-31(44)22-30(43)12-5-26-7-18-39(52-3)37(48)19-26/h5-21,24-25,47-49H,22-23H2,1-4H3/b12-5+,13-6+,14-8+,15-9+. The van der Waals surface area contributed by atoms with Gasteiger partial charge in [-0.25, -0.2) is 0 Å². The van der Waals surface area contributed by atoms with Gasteiger partial charge >= 0.3 is 0 Å². The summed E-state index contributed by atoms with van der Waals surface area (Å²) in [5.74, 6) is -1.00. The fourth-order valence-electron chi connectivity index (χ4n) is 4.90. The number of allylic oxidation sites excluding steroid dienone is 4. The smallest absolute Gasteiger partial charge is 0.203 e. The van der Waals surface area contributed by atoms with E-state index in [4.69, 9.17) is 23.7 Å². The maximum Gasteiger partial charge on any atom is 0.203 e. The van der Waals surface area contributed by atoms with Crippen LogP contribution in [0.25, 0.3) is 24.3 Å². The number of aromatic hydroxyl groups is 3. The van der Waals surface area contributed by atoms with Gasteiger partial charge in [-0.05, 0) is 96.1 Å². The molecule has 0 bridgehead atoms. The molecule has 0 aliphatic heterocycles. The van der Waals surface area contributed by atoms with Crippen LogP contribution in [0.1, 0.15) is 35.1 Å². The molecule has 0 radical (unpaired) electrons. The number of hydrogen-bond donors (Lipinski definition) is 3. The van der Waals surface area contributed by atoms with Gasteiger partial charge in [0.25, 0.3) is 0 Å². The lowest BCUT2D eigenvalue weighted by Gasteiger charge is -2.15. The van der Waals surface area contributed by atoms with Crippen LogP contribution in [0.2, 0.25) is 0 Å². The molecule has 0 atom stereocenters. The molecule has 12 heteroatoms. The number of carbonyl (C=O) groups excluding carboxylic acids is 4. The van der Waals surface area contributed by atoms with Gasteiger partial charge in [-0.2, -0.15) is 0 Å². The predicted octanol–water partition coefficient (Wildman–Crippen LogP) is 7.14. The Kier molecular flexibility index (Phi) is 13.9. The van der Waals surface area contributed by atoms with Gasteiger partial charge in [0, 0.05) is 23.3 Å². The van der Waals surface area contributed by atoms with Crippen LogP contribution in [0.3, 0.4) is 0 Å². The van der Waals surface area contributed by atoms with Gasteiger partial charge in [0.05, 0.1) is 41.3 Å². The molecule has 4 aromatic rings. The molecule has 0 spiro atoms. The van der Waals surface area contributed by atoms with Crippen LogP contribution >= 0.6 is 0 Å². The van der Waals surface area contributed by atoms with E-state index >= 15 is 0 Å². The van der Waals surface area contributed by atoms with E-state index in [-0.39, 0.29) is 40.2 Å². The van der Waals surface area contributed by atoms with E-state index in [1.807, 2.05) is 0 Å². The Morgan fingerprint density at radius 3 is 1.57 bits per heavy atom. The van der Waals surface area contributed by atoms with Gasteiger partial charge in [0.2, 0.25) is 5.75 Å². The Balaban J connectivity index is 1.46. The first-order valence-electron chi connectivity index (χ1n) is 16.3. The van der Waals surface area contributed by atoms with Crippen molar-refractivity contribution in [1.29, 1.82) is 0 Å². The summed E-state index contributed by atoms with van der Waals surface area (Å²) in [5.41, 5.74) is 1.69. The molecule has 4 aromatic carbocycles. The lowest BCUT2D eigenvalue weighted by atomic mass is 10.1. The minimum atomic E-state index is -0.502. The molecule has 278 valence electrons. The number of benzene rings is 4. The van der Waals surface area contributed by atoms with Crippen molar-refractivity contribution in [1.82, 2.24) is 0 Å². The molecule has 0 aliphatic rings. The summed E-state index contributed by atoms with van der Waals surface area (Å²) in [7, 11) is 5.68. The van der Waals surface area contributed by atoms with Crippen LogP contribution in [0.5, 0.6) is 51.7 Å². The monoisotopic (exact) mass is 734 g/mol.